The van der Waals surface area contributed by atoms with E-state index in [1.54, 1.807) is 0 Å². The van der Waals surface area contributed by atoms with Crippen LogP contribution in [0.3, 0.4) is 0 Å². The summed E-state index contributed by atoms with van der Waals surface area (Å²) in [6.07, 6.45) is 0.164. The molecular weight excluding hydrogens is 508 g/mol. The molecule has 5 aromatic rings. The van der Waals surface area contributed by atoms with E-state index in [1.165, 1.54) is 5.56 Å². The Bertz CT molecular complexity index is 1740. The first-order valence-electron chi connectivity index (χ1n) is 14.0. The predicted octanol–water partition coefficient (Wildman–Crippen LogP) is 8.29. The van der Waals surface area contributed by atoms with Crippen LogP contribution in [-0.2, 0) is 19.7 Å². The van der Waals surface area contributed by atoms with Crippen molar-refractivity contribution in [3.63, 3.8) is 0 Å². The van der Waals surface area contributed by atoms with Gasteiger partial charge in [0.1, 0.15) is 6.10 Å². The van der Waals surface area contributed by atoms with Gasteiger partial charge in [-0.1, -0.05) is 97.1 Å². The molecule has 3 unspecified atom stereocenters. The largest absolute Gasteiger partial charge is 0.481 e. The molecule has 0 bridgehead atoms. The zero-order valence-corrected chi connectivity index (χ0v) is 23.2. The van der Waals surface area contributed by atoms with Crippen molar-refractivity contribution in [3.8, 4) is 11.1 Å². The van der Waals surface area contributed by atoms with E-state index in [1.807, 2.05) is 72.8 Å². The van der Waals surface area contributed by atoms with Gasteiger partial charge >= 0.3 is 5.97 Å². The molecule has 41 heavy (non-hydrogen) atoms. The number of carboxylic acid groups (broad SMARTS) is 1. The Balaban J connectivity index is 1.65. The molecule has 4 heteroatoms. The third kappa shape index (κ3) is 4.70. The van der Waals surface area contributed by atoms with Gasteiger partial charge in [0.25, 0.3) is 6.47 Å². The lowest BCUT2D eigenvalue weighted by molar-refractivity contribution is -0.140. The highest BCUT2D eigenvalue weighted by atomic mass is 16.5. The summed E-state index contributed by atoms with van der Waals surface area (Å²) in [5, 5.41) is 12.9. The Labute approximate surface area is 240 Å². The number of hydrogen-bond acceptors (Lipinski definition) is 3. The number of aliphatic carboxylic acids is 1. The Morgan fingerprint density at radius 2 is 1.27 bits per heavy atom. The summed E-state index contributed by atoms with van der Waals surface area (Å²) >= 11 is 0. The number of fused-ring (bicyclic) bond motifs is 4. The van der Waals surface area contributed by atoms with E-state index in [0.29, 0.717) is 19.3 Å². The maximum absolute atomic E-state index is 13.0. The molecule has 0 aromatic heterocycles. The second kappa shape index (κ2) is 10.7. The van der Waals surface area contributed by atoms with Gasteiger partial charge in [-0.3, -0.25) is 9.59 Å². The Hall–Kier alpha value is -4.70. The number of benzene rings is 5. The number of carbonyl (C=O) groups is 2. The van der Waals surface area contributed by atoms with Crippen LogP contribution >= 0.6 is 0 Å². The zero-order chi connectivity index (χ0) is 28.6. The molecule has 0 radical (unpaired) electrons. The highest BCUT2D eigenvalue weighted by Crippen LogP contribution is 2.58. The summed E-state index contributed by atoms with van der Waals surface area (Å²) in [5.74, 6) is -1.64. The molecule has 0 fully saturated rings. The first kappa shape index (κ1) is 26.5. The van der Waals surface area contributed by atoms with Gasteiger partial charge in [-0.25, -0.2) is 0 Å². The number of carboxylic acids is 1. The molecule has 6 rings (SSSR count). The highest BCUT2D eigenvalue weighted by Gasteiger charge is 2.48. The van der Waals surface area contributed by atoms with Gasteiger partial charge in [0.05, 0.1) is 5.92 Å². The number of rotatable bonds is 9. The van der Waals surface area contributed by atoms with Crippen LogP contribution in [0.1, 0.15) is 58.2 Å². The molecule has 4 nitrogen and oxygen atoms in total. The number of ether oxygens (including phenoxy) is 1. The molecule has 0 saturated carbocycles. The monoisotopic (exact) mass is 540 g/mol. The molecule has 0 saturated heterocycles. The topological polar surface area (TPSA) is 63.6 Å². The zero-order valence-electron chi connectivity index (χ0n) is 23.2. The molecule has 5 aromatic carbocycles. The first-order chi connectivity index (χ1) is 19.9. The molecule has 0 amide bonds. The van der Waals surface area contributed by atoms with Gasteiger partial charge in [0, 0.05) is 11.8 Å². The third-order valence-electron chi connectivity index (χ3n) is 8.82. The molecule has 204 valence electrons. The number of aryl methyl sites for hydroxylation is 2. The van der Waals surface area contributed by atoms with E-state index in [-0.39, 0.29) is 0 Å². The summed E-state index contributed by atoms with van der Waals surface area (Å²) in [4.78, 5) is 24.8. The average molecular weight is 541 g/mol. The molecule has 3 atom stereocenters. The molecule has 1 aliphatic rings. The minimum absolute atomic E-state index is 0.318. The van der Waals surface area contributed by atoms with Crippen molar-refractivity contribution >= 4 is 23.2 Å². The molecule has 0 aliphatic heterocycles. The van der Waals surface area contributed by atoms with Crippen LogP contribution < -0.4 is 0 Å². The van der Waals surface area contributed by atoms with E-state index < -0.39 is 23.4 Å². The van der Waals surface area contributed by atoms with Gasteiger partial charge in [-0.05, 0) is 87.7 Å². The smallest absolute Gasteiger partial charge is 0.311 e. The van der Waals surface area contributed by atoms with Gasteiger partial charge < -0.3 is 9.84 Å². The summed E-state index contributed by atoms with van der Waals surface area (Å²) in [7, 11) is 0. The van der Waals surface area contributed by atoms with Crippen LogP contribution in [0.5, 0.6) is 0 Å². The second-order valence-electron chi connectivity index (χ2n) is 11.2. The van der Waals surface area contributed by atoms with Crippen LogP contribution in [0.2, 0.25) is 0 Å². The SMILES string of the molecule is Cc1cc2c(cc1C)C(CC(OC=O)c1ccccc1)(CC(C(=O)O)c1ccccc1)c1cc3ccccc3cc1-2. The van der Waals surface area contributed by atoms with Crippen molar-refractivity contribution < 1.29 is 19.4 Å². The van der Waals surface area contributed by atoms with Crippen LogP contribution in [0, 0.1) is 13.8 Å². The van der Waals surface area contributed by atoms with E-state index in [0.717, 1.165) is 49.7 Å². The average Bonchev–Trinajstić information content (AvgIpc) is 3.23. The summed E-state index contributed by atoms with van der Waals surface area (Å²) in [6.45, 7) is 4.72. The number of hydrogen-bond donors (Lipinski definition) is 1. The Kier molecular flexibility index (Phi) is 6.92. The Morgan fingerprint density at radius 1 is 0.732 bits per heavy atom. The van der Waals surface area contributed by atoms with Gasteiger partial charge in [-0.2, -0.15) is 0 Å². The lowest BCUT2D eigenvalue weighted by Gasteiger charge is -2.37. The van der Waals surface area contributed by atoms with Gasteiger partial charge in [0.15, 0.2) is 0 Å². The maximum Gasteiger partial charge on any atom is 0.311 e. The third-order valence-corrected chi connectivity index (χ3v) is 8.82. The summed E-state index contributed by atoms with van der Waals surface area (Å²) < 4.78 is 5.81. The summed E-state index contributed by atoms with van der Waals surface area (Å²) in [6, 6.07) is 36.4. The van der Waals surface area contributed by atoms with E-state index in [4.69, 9.17) is 4.74 Å². The first-order valence-corrected chi connectivity index (χ1v) is 14.0. The van der Waals surface area contributed by atoms with Crippen molar-refractivity contribution in [2.75, 3.05) is 0 Å². The van der Waals surface area contributed by atoms with Crippen molar-refractivity contribution in [2.24, 2.45) is 0 Å². The molecule has 1 N–H and O–H groups in total. The normalized spacial score (nSPS) is 16.9. The lowest BCUT2D eigenvalue weighted by atomic mass is 9.66. The van der Waals surface area contributed by atoms with Crippen LogP contribution in [0.4, 0.5) is 0 Å². The fraction of sp³-hybridized carbons (Fsp3) is 0.189. The van der Waals surface area contributed by atoms with Crippen molar-refractivity contribution in [3.05, 3.63) is 143 Å². The minimum Gasteiger partial charge on any atom is -0.481 e. The highest BCUT2D eigenvalue weighted by molar-refractivity contribution is 5.94. The predicted molar refractivity (Wildman–Crippen MR) is 162 cm³/mol. The molecule has 0 heterocycles. The molecule has 0 spiro atoms. The van der Waals surface area contributed by atoms with Crippen molar-refractivity contribution in [2.45, 2.75) is 44.1 Å². The van der Waals surface area contributed by atoms with E-state index >= 15 is 0 Å². The van der Waals surface area contributed by atoms with E-state index in [9.17, 15) is 14.7 Å². The van der Waals surface area contributed by atoms with Crippen LogP contribution in [-0.4, -0.2) is 17.5 Å². The fourth-order valence-corrected chi connectivity index (χ4v) is 6.64. The van der Waals surface area contributed by atoms with E-state index in [2.05, 4.69) is 50.2 Å². The number of carbonyl (C=O) groups excluding carboxylic acids is 1. The quantitative estimate of drug-likeness (QED) is 0.191. The lowest BCUT2D eigenvalue weighted by Crippen LogP contribution is -2.33. The van der Waals surface area contributed by atoms with Gasteiger partial charge in [0.2, 0.25) is 0 Å². The Morgan fingerprint density at radius 3 is 1.90 bits per heavy atom. The van der Waals surface area contributed by atoms with Crippen molar-refractivity contribution in [1.29, 1.82) is 0 Å². The minimum atomic E-state index is -0.872. The van der Waals surface area contributed by atoms with Crippen molar-refractivity contribution in [1.82, 2.24) is 0 Å². The summed E-state index contributed by atoms with van der Waals surface area (Å²) in [5.41, 5.74) is 7.61. The molecule has 1 aliphatic carbocycles. The van der Waals surface area contributed by atoms with Crippen LogP contribution in [0.25, 0.3) is 21.9 Å². The fourth-order valence-electron chi connectivity index (χ4n) is 6.64. The maximum atomic E-state index is 13.0. The van der Waals surface area contributed by atoms with Crippen LogP contribution in [0.15, 0.2) is 109 Å². The van der Waals surface area contributed by atoms with Gasteiger partial charge in [-0.15, -0.1) is 0 Å². The second-order valence-corrected chi connectivity index (χ2v) is 11.2. The standard InChI is InChI=1S/C37H32O4/c1-24-17-30-31-19-28-15-9-10-16-29(28)20-34(31)37(33(30)18-25(24)2,21-32(36(39)40)26-11-5-3-6-12-26)22-35(41-23-38)27-13-7-4-8-14-27/h3-20,23,32,35H,21-22H2,1-2H3,(H,39,40). The molecular formula is C37H32O4.